The van der Waals surface area contributed by atoms with Gasteiger partial charge >= 0.3 is 6.03 Å². The number of halogens is 1. The molecule has 0 radical (unpaired) electrons. The highest BCUT2D eigenvalue weighted by atomic mass is 19.1. The third kappa shape index (κ3) is 3.75. The van der Waals surface area contributed by atoms with Gasteiger partial charge in [-0.15, -0.1) is 0 Å². The van der Waals surface area contributed by atoms with Crippen LogP contribution in [0.15, 0.2) is 24.3 Å². The summed E-state index contributed by atoms with van der Waals surface area (Å²) in [6.07, 6.45) is 1.37. The van der Waals surface area contributed by atoms with E-state index in [1.807, 2.05) is 6.92 Å². The van der Waals surface area contributed by atoms with Gasteiger partial charge in [0.25, 0.3) is 5.91 Å². The number of piperidine rings is 1. The Morgan fingerprint density at radius 1 is 1.32 bits per heavy atom. The molecule has 1 aromatic rings. The number of amides is 3. The summed E-state index contributed by atoms with van der Waals surface area (Å²) < 4.78 is 13.7. The summed E-state index contributed by atoms with van der Waals surface area (Å²) in [6, 6.07) is 5.98. The van der Waals surface area contributed by atoms with Gasteiger partial charge in [-0.25, -0.2) is 9.18 Å². The standard InChI is InChI=1S/C16H22FN3O2/c1-3-19(2)16(22)18-12-8-10-20(11-9-12)15(21)13-6-4-5-7-14(13)17/h4-7,12H,3,8-11H2,1-2H3,(H,18,22). The predicted octanol–water partition coefficient (Wildman–Crippen LogP) is 2.09. The average Bonchev–Trinajstić information content (AvgIpc) is 2.54. The number of likely N-dealkylation sites (tertiary alicyclic amines) is 1. The van der Waals surface area contributed by atoms with Crippen LogP contribution in [-0.4, -0.2) is 54.5 Å². The number of urea groups is 1. The maximum atomic E-state index is 13.7. The Labute approximate surface area is 130 Å². The third-order valence-corrected chi connectivity index (χ3v) is 4.04. The number of hydrogen-bond acceptors (Lipinski definition) is 2. The molecule has 1 fully saturated rings. The first-order valence-electron chi connectivity index (χ1n) is 7.58. The van der Waals surface area contributed by atoms with Crippen molar-refractivity contribution in [3.8, 4) is 0 Å². The molecule has 1 N–H and O–H groups in total. The molecule has 1 aliphatic rings. The highest BCUT2D eigenvalue weighted by Gasteiger charge is 2.26. The topological polar surface area (TPSA) is 52.7 Å². The van der Waals surface area contributed by atoms with E-state index in [0.717, 1.165) is 0 Å². The number of benzene rings is 1. The van der Waals surface area contributed by atoms with Crippen LogP contribution >= 0.6 is 0 Å². The van der Waals surface area contributed by atoms with E-state index in [-0.39, 0.29) is 23.5 Å². The van der Waals surface area contributed by atoms with Crippen molar-refractivity contribution >= 4 is 11.9 Å². The van der Waals surface area contributed by atoms with Crippen molar-refractivity contribution < 1.29 is 14.0 Å². The van der Waals surface area contributed by atoms with Gasteiger partial charge in [0.2, 0.25) is 0 Å². The van der Waals surface area contributed by atoms with E-state index in [1.54, 1.807) is 29.0 Å². The van der Waals surface area contributed by atoms with Gasteiger partial charge in [0.15, 0.2) is 0 Å². The monoisotopic (exact) mass is 307 g/mol. The molecular weight excluding hydrogens is 285 g/mol. The molecule has 0 atom stereocenters. The third-order valence-electron chi connectivity index (χ3n) is 4.04. The fourth-order valence-electron chi connectivity index (χ4n) is 2.46. The summed E-state index contributed by atoms with van der Waals surface area (Å²) in [5.41, 5.74) is 0.107. The molecule has 0 unspecified atom stereocenters. The number of carbonyl (C=O) groups is 2. The first kappa shape index (κ1) is 16.3. The fraction of sp³-hybridized carbons (Fsp3) is 0.500. The Bertz CT molecular complexity index is 542. The van der Waals surface area contributed by atoms with Crippen LogP contribution in [0, 0.1) is 5.82 Å². The molecule has 120 valence electrons. The Morgan fingerprint density at radius 2 is 1.95 bits per heavy atom. The van der Waals surface area contributed by atoms with Gasteiger partial charge in [0, 0.05) is 32.7 Å². The molecule has 0 saturated carbocycles. The molecule has 2 rings (SSSR count). The molecule has 1 saturated heterocycles. The highest BCUT2D eigenvalue weighted by Crippen LogP contribution is 2.16. The van der Waals surface area contributed by atoms with Gasteiger partial charge in [-0.05, 0) is 31.9 Å². The van der Waals surface area contributed by atoms with Gasteiger partial charge < -0.3 is 15.1 Å². The quantitative estimate of drug-likeness (QED) is 0.929. The van der Waals surface area contributed by atoms with E-state index in [2.05, 4.69) is 5.32 Å². The maximum Gasteiger partial charge on any atom is 0.317 e. The summed E-state index contributed by atoms with van der Waals surface area (Å²) in [5.74, 6) is -0.777. The minimum atomic E-state index is -0.493. The minimum Gasteiger partial charge on any atom is -0.338 e. The van der Waals surface area contributed by atoms with Gasteiger partial charge in [-0.1, -0.05) is 12.1 Å². The van der Waals surface area contributed by atoms with Crippen LogP contribution in [0.3, 0.4) is 0 Å². The molecule has 22 heavy (non-hydrogen) atoms. The van der Waals surface area contributed by atoms with E-state index in [0.29, 0.717) is 32.5 Å². The van der Waals surface area contributed by atoms with Crippen molar-refractivity contribution in [2.45, 2.75) is 25.8 Å². The zero-order valence-electron chi connectivity index (χ0n) is 13.0. The first-order valence-corrected chi connectivity index (χ1v) is 7.58. The van der Waals surface area contributed by atoms with Crippen molar-refractivity contribution in [3.05, 3.63) is 35.6 Å². The number of nitrogens with zero attached hydrogens (tertiary/aromatic N) is 2. The van der Waals surface area contributed by atoms with Crippen LogP contribution in [0.1, 0.15) is 30.1 Å². The molecule has 0 bridgehead atoms. The number of hydrogen-bond donors (Lipinski definition) is 1. The van der Waals surface area contributed by atoms with Crippen LogP contribution in [0.5, 0.6) is 0 Å². The van der Waals surface area contributed by atoms with Crippen molar-refractivity contribution in [1.29, 1.82) is 0 Å². The Kier molecular flexibility index (Phi) is 5.35. The van der Waals surface area contributed by atoms with Gasteiger partial charge in [-0.3, -0.25) is 4.79 Å². The zero-order valence-corrected chi connectivity index (χ0v) is 13.0. The molecule has 0 aliphatic carbocycles. The predicted molar refractivity (Wildman–Crippen MR) is 82.2 cm³/mol. The highest BCUT2D eigenvalue weighted by molar-refractivity contribution is 5.94. The van der Waals surface area contributed by atoms with Crippen LogP contribution in [-0.2, 0) is 0 Å². The first-order chi connectivity index (χ1) is 10.5. The van der Waals surface area contributed by atoms with Crippen molar-refractivity contribution in [2.24, 2.45) is 0 Å². The van der Waals surface area contributed by atoms with Gasteiger partial charge in [0.05, 0.1) is 5.56 Å². The largest absolute Gasteiger partial charge is 0.338 e. The Balaban J connectivity index is 1.88. The van der Waals surface area contributed by atoms with Crippen molar-refractivity contribution in [2.75, 3.05) is 26.7 Å². The van der Waals surface area contributed by atoms with Gasteiger partial charge in [-0.2, -0.15) is 0 Å². The van der Waals surface area contributed by atoms with Crippen molar-refractivity contribution in [1.82, 2.24) is 15.1 Å². The smallest absolute Gasteiger partial charge is 0.317 e. The van der Waals surface area contributed by atoms with Crippen LogP contribution in [0.25, 0.3) is 0 Å². The summed E-state index contributed by atoms with van der Waals surface area (Å²) in [4.78, 5) is 27.4. The molecule has 0 aromatic heterocycles. The van der Waals surface area contributed by atoms with Crippen LogP contribution in [0.4, 0.5) is 9.18 Å². The van der Waals surface area contributed by atoms with Crippen LogP contribution < -0.4 is 5.32 Å². The average molecular weight is 307 g/mol. The van der Waals surface area contributed by atoms with Crippen molar-refractivity contribution in [3.63, 3.8) is 0 Å². The second kappa shape index (κ2) is 7.24. The van der Waals surface area contributed by atoms with E-state index in [9.17, 15) is 14.0 Å². The van der Waals surface area contributed by atoms with E-state index in [1.165, 1.54) is 12.1 Å². The Morgan fingerprint density at radius 3 is 2.55 bits per heavy atom. The maximum absolute atomic E-state index is 13.7. The summed E-state index contributed by atoms with van der Waals surface area (Å²) >= 11 is 0. The molecule has 1 heterocycles. The fourth-order valence-corrected chi connectivity index (χ4v) is 2.46. The van der Waals surface area contributed by atoms with E-state index < -0.39 is 5.82 Å². The van der Waals surface area contributed by atoms with E-state index in [4.69, 9.17) is 0 Å². The minimum absolute atomic E-state index is 0.0613. The van der Waals surface area contributed by atoms with Gasteiger partial charge in [0.1, 0.15) is 5.82 Å². The van der Waals surface area contributed by atoms with E-state index >= 15 is 0 Å². The second-order valence-electron chi connectivity index (χ2n) is 5.51. The Hall–Kier alpha value is -2.11. The molecule has 0 spiro atoms. The molecule has 3 amide bonds. The number of nitrogens with one attached hydrogen (secondary N) is 1. The lowest BCUT2D eigenvalue weighted by Gasteiger charge is -2.33. The molecule has 5 nitrogen and oxygen atoms in total. The SMILES string of the molecule is CCN(C)C(=O)NC1CCN(C(=O)c2ccccc2F)CC1. The lowest BCUT2D eigenvalue weighted by atomic mass is 10.0. The summed E-state index contributed by atoms with van der Waals surface area (Å²) in [7, 11) is 1.74. The lowest BCUT2D eigenvalue weighted by Crippen LogP contribution is -2.49. The lowest BCUT2D eigenvalue weighted by molar-refractivity contribution is 0.0702. The molecular formula is C16H22FN3O2. The number of carbonyl (C=O) groups excluding carboxylic acids is 2. The molecule has 1 aliphatic heterocycles. The second-order valence-corrected chi connectivity index (χ2v) is 5.51. The number of rotatable bonds is 3. The zero-order chi connectivity index (χ0) is 16.1. The molecule has 1 aromatic carbocycles. The summed E-state index contributed by atoms with van der Waals surface area (Å²) in [5, 5.41) is 2.96. The molecule has 6 heteroatoms. The normalized spacial score (nSPS) is 15.5. The summed E-state index contributed by atoms with van der Waals surface area (Å²) in [6.45, 7) is 3.60. The van der Waals surface area contributed by atoms with Crippen LogP contribution in [0.2, 0.25) is 0 Å².